The van der Waals surface area contributed by atoms with Gasteiger partial charge in [-0.3, -0.25) is 9.78 Å². The number of benzene rings is 1. The molecule has 0 unspecified atom stereocenters. The number of aliphatic hydroxyl groups is 1. The molecule has 0 spiro atoms. The number of hydrogen-bond acceptors (Lipinski definition) is 5. The van der Waals surface area contributed by atoms with Gasteiger partial charge in [-0.25, -0.2) is 18.2 Å². The SMILES string of the molecule is C[C@@H]1C[C@H](N)C[C@H](c2ccncc2NC(=O)c2ccc(F)c(-c3c(F)cc(CO)cc3F)n2)C1. The highest BCUT2D eigenvalue weighted by Crippen LogP contribution is 2.38. The Hall–Kier alpha value is -3.30. The largest absolute Gasteiger partial charge is 0.392 e. The Kier molecular flexibility index (Phi) is 6.95. The van der Waals surface area contributed by atoms with E-state index in [2.05, 4.69) is 22.2 Å². The van der Waals surface area contributed by atoms with E-state index in [0.717, 1.165) is 49.1 Å². The Labute approximate surface area is 195 Å². The number of nitrogens with zero attached hydrogens (tertiary/aromatic N) is 2. The Morgan fingerprint density at radius 3 is 2.53 bits per heavy atom. The van der Waals surface area contributed by atoms with Gasteiger partial charge in [-0.2, -0.15) is 0 Å². The van der Waals surface area contributed by atoms with Crippen molar-refractivity contribution >= 4 is 11.6 Å². The predicted octanol–water partition coefficient (Wildman–Crippen LogP) is 4.54. The van der Waals surface area contributed by atoms with Crippen LogP contribution in [0.4, 0.5) is 18.9 Å². The summed E-state index contributed by atoms with van der Waals surface area (Å²) in [5.41, 5.74) is 6.01. The zero-order valence-corrected chi connectivity index (χ0v) is 18.6. The van der Waals surface area contributed by atoms with Gasteiger partial charge in [0.15, 0.2) is 0 Å². The smallest absolute Gasteiger partial charge is 0.274 e. The van der Waals surface area contributed by atoms with E-state index in [0.29, 0.717) is 11.6 Å². The molecular weight excluding hydrogens is 445 g/mol. The number of nitrogens with two attached hydrogens (primary N) is 1. The van der Waals surface area contributed by atoms with Crippen LogP contribution in [0.1, 0.15) is 53.7 Å². The highest BCUT2D eigenvalue weighted by atomic mass is 19.1. The number of aromatic nitrogens is 2. The van der Waals surface area contributed by atoms with Crippen LogP contribution in [0.5, 0.6) is 0 Å². The maximum absolute atomic E-state index is 14.5. The van der Waals surface area contributed by atoms with E-state index >= 15 is 0 Å². The zero-order valence-electron chi connectivity index (χ0n) is 18.6. The van der Waals surface area contributed by atoms with Crippen LogP contribution < -0.4 is 11.1 Å². The molecule has 1 saturated carbocycles. The third-order valence-electron chi connectivity index (χ3n) is 6.12. The number of carbonyl (C=O) groups excluding carboxylic acids is 1. The number of anilines is 1. The van der Waals surface area contributed by atoms with Crippen molar-refractivity contribution < 1.29 is 23.1 Å². The quantitative estimate of drug-likeness (QED) is 0.508. The molecule has 1 amide bonds. The van der Waals surface area contributed by atoms with Gasteiger partial charge in [0.2, 0.25) is 0 Å². The van der Waals surface area contributed by atoms with Gasteiger partial charge in [0.1, 0.15) is 28.8 Å². The number of pyridine rings is 2. The van der Waals surface area contributed by atoms with Crippen molar-refractivity contribution in [1.29, 1.82) is 0 Å². The Morgan fingerprint density at radius 2 is 1.85 bits per heavy atom. The predicted molar refractivity (Wildman–Crippen MR) is 121 cm³/mol. The van der Waals surface area contributed by atoms with Crippen LogP contribution in [-0.2, 0) is 6.61 Å². The van der Waals surface area contributed by atoms with Gasteiger partial charge in [0.05, 0.1) is 24.1 Å². The molecule has 178 valence electrons. The molecule has 3 atom stereocenters. The molecule has 1 fully saturated rings. The highest BCUT2D eigenvalue weighted by Gasteiger charge is 2.28. The minimum Gasteiger partial charge on any atom is -0.392 e. The van der Waals surface area contributed by atoms with Crippen LogP contribution in [0.3, 0.4) is 0 Å². The number of nitrogens with one attached hydrogen (secondary N) is 1. The second-order valence-electron chi connectivity index (χ2n) is 8.81. The summed E-state index contributed by atoms with van der Waals surface area (Å²) in [6.45, 7) is 1.56. The molecule has 0 aliphatic heterocycles. The van der Waals surface area contributed by atoms with Crippen molar-refractivity contribution in [3.8, 4) is 11.3 Å². The molecule has 6 nitrogen and oxygen atoms in total. The van der Waals surface area contributed by atoms with E-state index < -0.39 is 41.2 Å². The third kappa shape index (κ3) is 4.95. The topological polar surface area (TPSA) is 101 Å². The van der Waals surface area contributed by atoms with Gasteiger partial charge in [-0.15, -0.1) is 0 Å². The van der Waals surface area contributed by atoms with E-state index in [4.69, 9.17) is 10.8 Å². The molecule has 0 radical (unpaired) electrons. The van der Waals surface area contributed by atoms with Crippen LogP contribution in [0, 0.1) is 23.4 Å². The number of rotatable bonds is 5. The summed E-state index contributed by atoms with van der Waals surface area (Å²) in [6.07, 6.45) is 5.81. The van der Waals surface area contributed by atoms with E-state index in [1.807, 2.05) is 6.07 Å². The van der Waals surface area contributed by atoms with Crippen LogP contribution >= 0.6 is 0 Å². The first-order valence-corrected chi connectivity index (χ1v) is 11.0. The third-order valence-corrected chi connectivity index (χ3v) is 6.12. The molecule has 3 aromatic rings. The monoisotopic (exact) mass is 470 g/mol. The first-order valence-electron chi connectivity index (χ1n) is 11.0. The van der Waals surface area contributed by atoms with Crippen LogP contribution in [0.15, 0.2) is 42.7 Å². The van der Waals surface area contributed by atoms with Gasteiger partial charge in [0, 0.05) is 12.2 Å². The molecular formula is C25H25F3N4O2. The number of carbonyl (C=O) groups is 1. The van der Waals surface area contributed by atoms with Crippen LogP contribution in [-0.4, -0.2) is 27.0 Å². The van der Waals surface area contributed by atoms with Crippen molar-refractivity contribution in [2.24, 2.45) is 11.7 Å². The summed E-state index contributed by atoms with van der Waals surface area (Å²) in [6, 6.07) is 5.76. The lowest BCUT2D eigenvalue weighted by Gasteiger charge is -2.32. The molecule has 2 aromatic heterocycles. The standard InChI is InChI=1S/C25H25F3N4O2/c1-13-6-15(10-16(29)7-13)17-4-5-30-11-22(17)32-25(34)21-3-2-18(26)24(31-21)23-19(27)8-14(12-33)9-20(23)28/h2-5,8-9,11,13,15-16,33H,6-7,10,12,29H2,1H3,(H,32,34)/t13-,15+,16-/m0/s1. The normalized spacial score (nSPS) is 20.2. The molecule has 4 rings (SSSR count). The van der Waals surface area contributed by atoms with Gasteiger partial charge in [-0.05, 0) is 72.6 Å². The number of aliphatic hydroxyl groups excluding tert-OH is 1. The Bertz CT molecular complexity index is 1190. The maximum atomic E-state index is 14.5. The van der Waals surface area contributed by atoms with Crippen LogP contribution in [0.25, 0.3) is 11.3 Å². The average molecular weight is 470 g/mol. The molecule has 2 heterocycles. The molecule has 9 heteroatoms. The summed E-state index contributed by atoms with van der Waals surface area (Å²) in [7, 11) is 0. The molecule has 0 bridgehead atoms. The fourth-order valence-electron chi connectivity index (χ4n) is 4.65. The molecule has 0 saturated heterocycles. The highest BCUT2D eigenvalue weighted by molar-refractivity contribution is 6.03. The number of halogens is 3. The lowest BCUT2D eigenvalue weighted by atomic mass is 9.76. The van der Waals surface area contributed by atoms with E-state index in [-0.39, 0.29) is 23.2 Å². The summed E-state index contributed by atoms with van der Waals surface area (Å²) in [5.74, 6) is -3.26. The molecule has 4 N–H and O–H groups in total. The molecule has 1 aromatic carbocycles. The summed E-state index contributed by atoms with van der Waals surface area (Å²) < 4.78 is 43.4. The Morgan fingerprint density at radius 1 is 1.12 bits per heavy atom. The maximum Gasteiger partial charge on any atom is 0.274 e. The lowest BCUT2D eigenvalue weighted by Crippen LogP contribution is -2.31. The lowest BCUT2D eigenvalue weighted by molar-refractivity contribution is 0.102. The summed E-state index contributed by atoms with van der Waals surface area (Å²) in [5, 5.41) is 11.9. The summed E-state index contributed by atoms with van der Waals surface area (Å²) in [4.78, 5) is 21.0. The zero-order chi connectivity index (χ0) is 24.4. The fourth-order valence-corrected chi connectivity index (χ4v) is 4.65. The van der Waals surface area contributed by atoms with Gasteiger partial charge in [-0.1, -0.05) is 6.92 Å². The van der Waals surface area contributed by atoms with Gasteiger partial charge >= 0.3 is 0 Å². The van der Waals surface area contributed by atoms with Gasteiger partial charge in [0.25, 0.3) is 5.91 Å². The molecule has 34 heavy (non-hydrogen) atoms. The van der Waals surface area contributed by atoms with Gasteiger partial charge < -0.3 is 16.2 Å². The van der Waals surface area contributed by atoms with Crippen molar-refractivity contribution in [1.82, 2.24) is 9.97 Å². The van der Waals surface area contributed by atoms with E-state index in [1.54, 1.807) is 6.20 Å². The van der Waals surface area contributed by atoms with Crippen molar-refractivity contribution in [2.75, 3.05) is 5.32 Å². The second kappa shape index (κ2) is 9.90. The van der Waals surface area contributed by atoms with Crippen molar-refractivity contribution in [3.05, 3.63) is 77.0 Å². The molecule has 1 aliphatic carbocycles. The second-order valence-corrected chi connectivity index (χ2v) is 8.81. The Balaban J connectivity index is 1.64. The van der Waals surface area contributed by atoms with Crippen molar-refractivity contribution in [2.45, 2.75) is 44.8 Å². The first-order chi connectivity index (χ1) is 16.3. The summed E-state index contributed by atoms with van der Waals surface area (Å²) >= 11 is 0. The minimum atomic E-state index is -1.09. The molecule has 1 aliphatic rings. The van der Waals surface area contributed by atoms with E-state index in [9.17, 15) is 18.0 Å². The van der Waals surface area contributed by atoms with Crippen LogP contribution in [0.2, 0.25) is 0 Å². The minimum absolute atomic E-state index is 0.00564. The number of hydrogen-bond donors (Lipinski definition) is 3. The fraction of sp³-hybridized carbons (Fsp3) is 0.320. The number of amides is 1. The van der Waals surface area contributed by atoms with Crippen molar-refractivity contribution in [3.63, 3.8) is 0 Å². The first kappa shape index (κ1) is 23.8. The average Bonchev–Trinajstić information content (AvgIpc) is 2.79. The van der Waals surface area contributed by atoms with E-state index in [1.165, 1.54) is 6.20 Å².